The van der Waals surface area contributed by atoms with Gasteiger partial charge in [0.25, 0.3) is 0 Å². The van der Waals surface area contributed by atoms with E-state index in [0.29, 0.717) is 18.2 Å². The first-order valence-electron chi connectivity index (χ1n) is 6.24. The lowest BCUT2D eigenvalue weighted by Crippen LogP contribution is -2.38. The van der Waals surface area contributed by atoms with Crippen LogP contribution in [0.2, 0.25) is 0 Å². The normalized spacial score (nSPS) is 24.6. The molecule has 1 saturated heterocycles. The molecule has 0 aromatic carbocycles. The second-order valence-electron chi connectivity index (χ2n) is 4.85. The summed E-state index contributed by atoms with van der Waals surface area (Å²) in [6, 6.07) is 3.83. The molecule has 2 aromatic rings. The van der Waals surface area contributed by atoms with E-state index in [0.717, 1.165) is 24.0 Å². The summed E-state index contributed by atoms with van der Waals surface area (Å²) in [4.78, 5) is 7.48. The topological polar surface area (TPSA) is 81.2 Å². The van der Waals surface area contributed by atoms with Crippen LogP contribution in [-0.4, -0.2) is 39.4 Å². The summed E-state index contributed by atoms with van der Waals surface area (Å²) >= 11 is 0. The highest BCUT2D eigenvalue weighted by Gasteiger charge is 2.23. The summed E-state index contributed by atoms with van der Waals surface area (Å²) < 4.78 is 0. The number of hydrogen-bond acceptors (Lipinski definition) is 4. The Morgan fingerprint density at radius 1 is 1.33 bits per heavy atom. The molecule has 1 fully saturated rings. The fraction of sp³-hybridized carbons (Fsp3) is 0.462. The van der Waals surface area contributed by atoms with Crippen LogP contribution in [-0.2, 0) is 6.61 Å². The van der Waals surface area contributed by atoms with E-state index >= 15 is 0 Å². The lowest BCUT2D eigenvalue weighted by atomic mass is 9.90. The van der Waals surface area contributed by atoms with Crippen molar-refractivity contribution < 1.29 is 10.2 Å². The minimum Gasteiger partial charge on any atom is -0.392 e. The van der Waals surface area contributed by atoms with E-state index in [1.807, 2.05) is 18.3 Å². The number of aromatic nitrogens is 2. The number of H-pyrrole nitrogens is 1. The predicted octanol–water partition coefficient (Wildman–Crippen LogP) is 0.493. The van der Waals surface area contributed by atoms with E-state index in [-0.39, 0.29) is 12.7 Å². The Labute approximate surface area is 105 Å². The van der Waals surface area contributed by atoms with E-state index < -0.39 is 0 Å². The molecule has 0 spiro atoms. The third-order valence-electron chi connectivity index (χ3n) is 3.56. The third-order valence-corrected chi connectivity index (χ3v) is 3.56. The highest BCUT2D eigenvalue weighted by atomic mass is 16.3. The molecule has 2 aromatic heterocycles. The summed E-state index contributed by atoms with van der Waals surface area (Å²) in [6.07, 6.45) is 2.46. The Morgan fingerprint density at radius 3 is 3.00 bits per heavy atom. The molecule has 0 amide bonds. The number of rotatable bonds is 2. The van der Waals surface area contributed by atoms with Crippen LogP contribution in [0.25, 0.3) is 11.0 Å². The quantitative estimate of drug-likeness (QED) is 0.622. The first-order chi connectivity index (χ1) is 8.78. The summed E-state index contributed by atoms with van der Waals surface area (Å²) in [5.41, 5.74) is 2.66. The Balaban J connectivity index is 1.97. The van der Waals surface area contributed by atoms with Crippen molar-refractivity contribution in [1.82, 2.24) is 15.3 Å². The molecular weight excluding hydrogens is 230 g/mol. The number of β-amino-alcohol motifs (C(OH)–C–C–N with tert-alkyl or cyclic N) is 1. The second kappa shape index (κ2) is 4.68. The van der Waals surface area contributed by atoms with Gasteiger partial charge in [-0.05, 0) is 24.1 Å². The van der Waals surface area contributed by atoms with Crippen molar-refractivity contribution in [3.8, 4) is 0 Å². The van der Waals surface area contributed by atoms with Crippen LogP contribution in [0.5, 0.6) is 0 Å². The van der Waals surface area contributed by atoms with E-state index in [9.17, 15) is 5.11 Å². The van der Waals surface area contributed by atoms with Gasteiger partial charge in [-0.2, -0.15) is 0 Å². The summed E-state index contributed by atoms with van der Waals surface area (Å²) in [5, 5.41) is 23.1. The largest absolute Gasteiger partial charge is 0.392 e. The van der Waals surface area contributed by atoms with Gasteiger partial charge < -0.3 is 20.5 Å². The molecule has 1 unspecified atom stereocenters. The van der Waals surface area contributed by atoms with Gasteiger partial charge in [-0.3, -0.25) is 0 Å². The third kappa shape index (κ3) is 2.01. The summed E-state index contributed by atoms with van der Waals surface area (Å²) in [6.45, 7) is 1.51. The highest BCUT2D eigenvalue weighted by molar-refractivity contribution is 5.80. The molecule has 5 nitrogen and oxygen atoms in total. The average Bonchev–Trinajstić information content (AvgIpc) is 2.81. The summed E-state index contributed by atoms with van der Waals surface area (Å²) in [5.74, 6) is 0.310. The Bertz CT molecular complexity index is 552. The zero-order valence-electron chi connectivity index (χ0n) is 10.1. The Hall–Kier alpha value is -1.43. The molecule has 0 radical (unpaired) electrons. The molecule has 0 bridgehead atoms. The van der Waals surface area contributed by atoms with Crippen LogP contribution < -0.4 is 5.32 Å². The number of nitrogens with one attached hydrogen (secondary N) is 2. The van der Waals surface area contributed by atoms with Crippen molar-refractivity contribution in [1.29, 1.82) is 0 Å². The molecule has 0 aliphatic carbocycles. The number of aliphatic hydroxyl groups is 2. The smallest absolute Gasteiger partial charge is 0.137 e. The van der Waals surface area contributed by atoms with Gasteiger partial charge in [0.15, 0.2) is 0 Å². The molecule has 4 N–H and O–H groups in total. The lowest BCUT2D eigenvalue weighted by Gasteiger charge is -2.26. The van der Waals surface area contributed by atoms with Gasteiger partial charge in [0.2, 0.25) is 0 Å². The maximum absolute atomic E-state index is 9.71. The van der Waals surface area contributed by atoms with Crippen LogP contribution in [0, 0.1) is 0 Å². The van der Waals surface area contributed by atoms with Crippen LogP contribution in [0.3, 0.4) is 0 Å². The molecule has 3 heterocycles. The Morgan fingerprint density at radius 2 is 2.22 bits per heavy atom. The first kappa shape index (κ1) is 11.6. The maximum atomic E-state index is 9.71. The fourth-order valence-electron chi connectivity index (χ4n) is 2.65. The van der Waals surface area contributed by atoms with Crippen LogP contribution in [0.15, 0.2) is 18.3 Å². The van der Waals surface area contributed by atoms with Crippen molar-refractivity contribution in [3.05, 3.63) is 29.6 Å². The zero-order valence-corrected chi connectivity index (χ0v) is 10.1. The molecule has 18 heavy (non-hydrogen) atoms. The number of aliphatic hydroxyl groups excluding tert-OH is 2. The molecule has 3 rings (SSSR count). The first-order valence-corrected chi connectivity index (χ1v) is 6.24. The SMILES string of the molecule is OCc1ccc2c(C3CNC[C@H](O)C3)c[nH]c2n1. The van der Waals surface area contributed by atoms with Gasteiger partial charge >= 0.3 is 0 Å². The molecule has 0 saturated carbocycles. The van der Waals surface area contributed by atoms with Crippen molar-refractivity contribution in [2.24, 2.45) is 0 Å². The number of aromatic amines is 1. The maximum Gasteiger partial charge on any atom is 0.137 e. The van der Waals surface area contributed by atoms with Gasteiger partial charge in [0.05, 0.1) is 18.4 Å². The molecule has 1 aliphatic rings. The van der Waals surface area contributed by atoms with E-state index in [1.165, 1.54) is 5.56 Å². The number of pyridine rings is 1. The standard InChI is InChI=1S/C13H17N3O2/c17-7-9-1-2-11-12(6-15-13(11)16-9)8-3-10(18)5-14-4-8/h1-2,6,8,10,14,17-18H,3-5,7H2,(H,15,16)/t8?,10-/m1/s1. The van der Waals surface area contributed by atoms with Crippen LogP contribution in [0.1, 0.15) is 23.6 Å². The molecule has 2 atom stereocenters. The van der Waals surface area contributed by atoms with Gasteiger partial charge in [-0.1, -0.05) is 0 Å². The second-order valence-corrected chi connectivity index (χ2v) is 4.85. The molecular formula is C13H17N3O2. The zero-order chi connectivity index (χ0) is 12.5. The van der Waals surface area contributed by atoms with Crippen molar-refractivity contribution in [2.75, 3.05) is 13.1 Å². The van der Waals surface area contributed by atoms with Crippen LogP contribution >= 0.6 is 0 Å². The van der Waals surface area contributed by atoms with E-state index in [4.69, 9.17) is 5.11 Å². The molecule has 96 valence electrons. The predicted molar refractivity (Wildman–Crippen MR) is 68.3 cm³/mol. The lowest BCUT2D eigenvalue weighted by molar-refractivity contribution is 0.132. The van der Waals surface area contributed by atoms with Gasteiger partial charge in [0, 0.05) is 30.6 Å². The molecule has 5 heteroatoms. The minimum absolute atomic E-state index is 0.0476. The number of nitrogens with zero attached hydrogens (tertiary/aromatic N) is 1. The van der Waals surface area contributed by atoms with E-state index in [2.05, 4.69) is 15.3 Å². The van der Waals surface area contributed by atoms with Crippen molar-refractivity contribution >= 4 is 11.0 Å². The van der Waals surface area contributed by atoms with Crippen molar-refractivity contribution in [3.63, 3.8) is 0 Å². The Kier molecular flexibility index (Phi) is 3.03. The number of piperidine rings is 1. The minimum atomic E-state index is -0.279. The average molecular weight is 247 g/mol. The van der Waals surface area contributed by atoms with Gasteiger partial charge in [0.1, 0.15) is 5.65 Å². The van der Waals surface area contributed by atoms with Gasteiger partial charge in [-0.15, -0.1) is 0 Å². The monoisotopic (exact) mass is 247 g/mol. The number of hydrogen-bond donors (Lipinski definition) is 4. The van der Waals surface area contributed by atoms with Crippen LogP contribution in [0.4, 0.5) is 0 Å². The summed E-state index contributed by atoms with van der Waals surface area (Å²) in [7, 11) is 0. The molecule has 1 aliphatic heterocycles. The van der Waals surface area contributed by atoms with Gasteiger partial charge in [-0.25, -0.2) is 4.98 Å². The van der Waals surface area contributed by atoms with Crippen molar-refractivity contribution in [2.45, 2.75) is 25.0 Å². The number of fused-ring (bicyclic) bond motifs is 1. The van der Waals surface area contributed by atoms with E-state index in [1.54, 1.807) is 0 Å². The fourth-order valence-corrected chi connectivity index (χ4v) is 2.65. The highest BCUT2D eigenvalue weighted by Crippen LogP contribution is 2.29.